The monoisotopic (exact) mass is 378 g/mol. The molecule has 0 radical (unpaired) electrons. The molecule has 1 aliphatic heterocycles. The van der Waals surface area contributed by atoms with Crippen LogP contribution in [0.1, 0.15) is 13.3 Å². The Labute approximate surface area is 155 Å². The molecule has 0 fully saturated rings. The summed E-state index contributed by atoms with van der Waals surface area (Å²) in [4.78, 5) is 26.3. The van der Waals surface area contributed by atoms with Gasteiger partial charge >= 0.3 is 0 Å². The van der Waals surface area contributed by atoms with E-state index in [0.29, 0.717) is 22.1 Å². The number of carbonyl (C=O) groups excluding carboxylic acids is 2. The average Bonchev–Trinajstić information content (AvgIpc) is 2.70. The molecule has 25 heavy (non-hydrogen) atoms. The summed E-state index contributed by atoms with van der Waals surface area (Å²) in [5, 5.41) is 3.43. The minimum absolute atomic E-state index is 0.131. The first-order chi connectivity index (χ1) is 12.0. The molecule has 0 aliphatic carbocycles. The van der Waals surface area contributed by atoms with E-state index in [0.717, 1.165) is 0 Å². The number of nitrogens with zero attached hydrogens (tertiary/aromatic N) is 1. The van der Waals surface area contributed by atoms with E-state index in [2.05, 4.69) is 5.32 Å². The Bertz CT molecular complexity index is 826. The fourth-order valence-corrected chi connectivity index (χ4v) is 3.12. The highest BCUT2D eigenvalue weighted by Gasteiger charge is 2.29. The van der Waals surface area contributed by atoms with E-state index < -0.39 is 0 Å². The Kier molecular flexibility index (Phi) is 5.16. The van der Waals surface area contributed by atoms with Gasteiger partial charge in [0.1, 0.15) is 10.8 Å². The van der Waals surface area contributed by atoms with Gasteiger partial charge < -0.3 is 15.0 Å². The van der Waals surface area contributed by atoms with E-state index in [1.165, 1.54) is 0 Å². The van der Waals surface area contributed by atoms with Crippen LogP contribution in [0.3, 0.4) is 0 Å². The lowest BCUT2D eigenvalue weighted by molar-refractivity contribution is -0.121. The van der Waals surface area contributed by atoms with Gasteiger partial charge in [-0.3, -0.25) is 9.59 Å². The van der Waals surface area contributed by atoms with Gasteiger partial charge in [0.05, 0.1) is 16.4 Å². The molecule has 0 saturated carbocycles. The second-order valence-corrected chi connectivity index (χ2v) is 6.51. The van der Waals surface area contributed by atoms with Gasteiger partial charge in [-0.2, -0.15) is 0 Å². The van der Waals surface area contributed by atoms with E-state index in [4.69, 9.17) is 27.9 Å². The number of anilines is 2. The lowest BCUT2D eigenvalue weighted by Gasteiger charge is -2.27. The predicted octanol–water partition coefficient (Wildman–Crippen LogP) is 4.14. The highest BCUT2D eigenvalue weighted by atomic mass is 35.5. The topological polar surface area (TPSA) is 58.6 Å². The van der Waals surface area contributed by atoms with Crippen LogP contribution in [0.4, 0.5) is 11.4 Å². The van der Waals surface area contributed by atoms with Crippen molar-refractivity contribution >= 4 is 46.4 Å². The Balaban J connectivity index is 1.83. The number of amides is 2. The Hall–Kier alpha value is -2.24. The van der Waals surface area contributed by atoms with Crippen LogP contribution in [-0.2, 0) is 9.59 Å². The molecule has 1 heterocycles. The number of benzene rings is 2. The zero-order valence-electron chi connectivity index (χ0n) is 13.5. The molecule has 7 heteroatoms. The van der Waals surface area contributed by atoms with Crippen LogP contribution in [-0.4, -0.2) is 24.5 Å². The van der Waals surface area contributed by atoms with Crippen LogP contribution in [0.2, 0.25) is 10.0 Å². The standard InChI is InChI=1S/C18H16Cl2N2O3/c1-11-9-16(23)21-13-6-2-3-7-14(13)22(11)17(24)10-25-15-8-4-5-12(19)18(15)20/h2-8,11H,9-10H2,1H3,(H,21,23). The minimum Gasteiger partial charge on any atom is -0.482 e. The molecule has 130 valence electrons. The van der Waals surface area contributed by atoms with Crippen LogP contribution < -0.4 is 15.0 Å². The van der Waals surface area contributed by atoms with E-state index in [9.17, 15) is 9.59 Å². The number of para-hydroxylation sites is 2. The molecule has 0 aromatic heterocycles. The van der Waals surface area contributed by atoms with Gasteiger partial charge in [-0.1, -0.05) is 41.4 Å². The van der Waals surface area contributed by atoms with Crippen LogP contribution in [0, 0.1) is 0 Å². The van der Waals surface area contributed by atoms with Crippen molar-refractivity contribution in [1.29, 1.82) is 0 Å². The van der Waals surface area contributed by atoms with Crippen molar-refractivity contribution in [2.45, 2.75) is 19.4 Å². The van der Waals surface area contributed by atoms with Crippen LogP contribution in [0.25, 0.3) is 0 Å². The number of halogens is 2. The van der Waals surface area contributed by atoms with Crippen molar-refractivity contribution in [2.24, 2.45) is 0 Å². The van der Waals surface area contributed by atoms with Gasteiger partial charge in [0, 0.05) is 12.5 Å². The Morgan fingerprint density at radius 1 is 1.24 bits per heavy atom. The number of fused-ring (bicyclic) bond motifs is 1. The normalized spacial score (nSPS) is 16.7. The van der Waals surface area contributed by atoms with Crippen molar-refractivity contribution in [2.75, 3.05) is 16.8 Å². The van der Waals surface area contributed by atoms with Crippen LogP contribution in [0.15, 0.2) is 42.5 Å². The molecule has 2 aromatic rings. The van der Waals surface area contributed by atoms with Crippen molar-refractivity contribution in [3.63, 3.8) is 0 Å². The summed E-state index contributed by atoms with van der Waals surface area (Å²) in [5.41, 5.74) is 1.25. The number of hydrogen-bond donors (Lipinski definition) is 1. The molecular weight excluding hydrogens is 363 g/mol. The minimum atomic E-state index is -0.297. The first kappa shape index (κ1) is 17.6. The summed E-state index contributed by atoms with van der Waals surface area (Å²) in [6, 6.07) is 11.9. The van der Waals surface area contributed by atoms with Gasteiger partial charge in [-0.05, 0) is 31.2 Å². The summed E-state index contributed by atoms with van der Waals surface area (Å²) in [6.45, 7) is 1.61. The molecule has 2 amide bonds. The summed E-state index contributed by atoms with van der Waals surface area (Å²) in [5.74, 6) is -0.0611. The highest BCUT2D eigenvalue weighted by Crippen LogP contribution is 2.33. The Morgan fingerprint density at radius 3 is 2.80 bits per heavy atom. The summed E-state index contributed by atoms with van der Waals surface area (Å²) < 4.78 is 5.55. The molecule has 1 N–H and O–H groups in total. The maximum Gasteiger partial charge on any atom is 0.265 e. The lowest BCUT2D eigenvalue weighted by Crippen LogP contribution is -2.41. The van der Waals surface area contributed by atoms with Crippen molar-refractivity contribution in [3.05, 3.63) is 52.5 Å². The largest absolute Gasteiger partial charge is 0.482 e. The second kappa shape index (κ2) is 7.33. The van der Waals surface area contributed by atoms with Crippen molar-refractivity contribution in [1.82, 2.24) is 0 Å². The first-order valence-electron chi connectivity index (χ1n) is 7.75. The number of ether oxygens (including phenoxy) is 1. The summed E-state index contributed by atoms with van der Waals surface area (Å²) in [6.07, 6.45) is 0.207. The third kappa shape index (κ3) is 3.72. The van der Waals surface area contributed by atoms with Gasteiger partial charge in [-0.25, -0.2) is 0 Å². The van der Waals surface area contributed by atoms with E-state index in [-0.39, 0.29) is 35.9 Å². The molecule has 1 atom stereocenters. The molecule has 0 bridgehead atoms. The molecule has 1 aliphatic rings. The molecule has 0 spiro atoms. The molecule has 5 nitrogen and oxygen atoms in total. The zero-order valence-corrected chi connectivity index (χ0v) is 15.0. The van der Waals surface area contributed by atoms with Crippen LogP contribution >= 0.6 is 23.2 Å². The van der Waals surface area contributed by atoms with Gasteiger partial charge in [0.15, 0.2) is 6.61 Å². The Morgan fingerprint density at radius 2 is 2.00 bits per heavy atom. The fourth-order valence-electron chi connectivity index (χ4n) is 2.77. The highest BCUT2D eigenvalue weighted by molar-refractivity contribution is 6.42. The van der Waals surface area contributed by atoms with Gasteiger partial charge in [-0.15, -0.1) is 0 Å². The van der Waals surface area contributed by atoms with E-state index >= 15 is 0 Å². The molecule has 0 saturated heterocycles. The van der Waals surface area contributed by atoms with Crippen LogP contribution in [0.5, 0.6) is 5.75 Å². The second-order valence-electron chi connectivity index (χ2n) is 5.72. The van der Waals surface area contributed by atoms with Gasteiger partial charge in [0.2, 0.25) is 5.91 Å². The molecule has 1 unspecified atom stereocenters. The smallest absolute Gasteiger partial charge is 0.265 e. The zero-order chi connectivity index (χ0) is 18.0. The number of hydrogen-bond acceptors (Lipinski definition) is 3. The van der Waals surface area contributed by atoms with E-state index in [1.54, 1.807) is 41.3 Å². The molecule has 2 aromatic carbocycles. The lowest BCUT2D eigenvalue weighted by atomic mass is 10.1. The average molecular weight is 379 g/mol. The van der Waals surface area contributed by atoms with Crippen molar-refractivity contribution in [3.8, 4) is 5.75 Å². The first-order valence-corrected chi connectivity index (χ1v) is 8.50. The van der Waals surface area contributed by atoms with Gasteiger partial charge in [0.25, 0.3) is 5.91 Å². The summed E-state index contributed by atoms with van der Waals surface area (Å²) >= 11 is 12.0. The quantitative estimate of drug-likeness (QED) is 0.872. The third-order valence-electron chi connectivity index (χ3n) is 3.90. The third-order valence-corrected chi connectivity index (χ3v) is 4.70. The number of rotatable bonds is 3. The fraction of sp³-hybridized carbons (Fsp3) is 0.222. The van der Waals surface area contributed by atoms with E-state index in [1.807, 2.05) is 13.0 Å². The predicted molar refractivity (Wildman–Crippen MR) is 98.6 cm³/mol. The SMILES string of the molecule is CC1CC(=O)Nc2ccccc2N1C(=O)COc1cccc(Cl)c1Cl. The number of nitrogens with one attached hydrogen (secondary N) is 1. The molecule has 3 rings (SSSR count). The summed E-state index contributed by atoms with van der Waals surface area (Å²) in [7, 11) is 0. The number of carbonyl (C=O) groups is 2. The molecular formula is C18H16Cl2N2O3. The maximum absolute atomic E-state index is 12.8. The van der Waals surface area contributed by atoms with Crippen molar-refractivity contribution < 1.29 is 14.3 Å². The maximum atomic E-state index is 12.8.